The third-order valence-electron chi connectivity index (χ3n) is 2.89. The summed E-state index contributed by atoms with van der Waals surface area (Å²) in [5.41, 5.74) is -0.505. The smallest absolute Gasteiger partial charge is 0.410 e. The molecular formula is C13H24N2O4. The Kier molecular flexibility index (Phi) is 5.60. The molecule has 0 aromatic carbocycles. The van der Waals surface area contributed by atoms with Crippen molar-refractivity contribution in [3.8, 4) is 0 Å². The average molecular weight is 272 g/mol. The van der Waals surface area contributed by atoms with E-state index in [0.717, 1.165) is 6.54 Å². The maximum absolute atomic E-state index is 12.1. The third-order valence-corrected chi connectivity index (χ3v) is 2.89. The molecule has 1 aliphatic rings. The molecule has 1 saturated heterocycles. The van der Waals surface area contributed by atoms with Crippen LogP contribution in [0.3, 0.4) is 0 Å². The van der Waals surface area contributed by atoms with Gasteiger partial charge in [-0.15, -0.1) is 0 Å². The number of nitrogens with zero attached hydrogens (tertiary/aromatic N) is 1. The topological polar surface area (TPSA) is 67.9 Å². The fraction of sp³-hybridized carbons (Fsp3) is 0.846. The number of ether oxygens (including phenoxy) is 2. The molecule has 1 heterocycles. The Labute approximate surface area is 114 Å². The van der Waals surface area contributed by atoms with E-state index in [0.29, 0.717) is 25.9 Å². The molecule has 1 rings (SSSR count). The van der Waals surface area contributed by atoms with Crippen LogP contribution < -0.4 is 5.32 Å². The molecule has 0 aliphatic carbocycles. The molecule has 6 nitrogen and oxygen atoms in total. The van der Waals surface area contributed by atoms with Crippen LogP contribution in [0.2, 0.25) is 0 Å². The number of amides is 1. The predicted molar refractivity (Wildman–Crippen MR) is 70.8 cm³/mol. The van der Waals surface area contributed by atoms with E-state index >= 15 is 0 Å². The summed E-state index contributed by atoms with van der Waals surface area (Å²) in [6.45, 7) is 7.55. The molecule has 0 aromatic rings. The highest BCUT2D eigenvalue weighted by Gasteiger charge is 2.30. The molecular weight excluding hydrogens is 248 g/mol. The van der Waals surface area contributed by atoms with Crippen LogP contribution in [-0.2, 0) is 14.3 Å². The third kappa shape index (κ3) is 5.46. The minimum Gasteiger partial charge on any atom is -0.469 e. The molecule has 110 valence electrons. The van der Waals surface area contributed by atoms with E-state index in [1.807, 2.05) is 20.8 Å². The summed E-state index contributed by atoms with van der Waals surface area (Å²) in [6.07, 6.45) is 0.574. The number of rotatable bonds is 3. The molecule has 1 atom stereocenters. The fourth-order valence-electron chi connectivity index (χ4n) is 1.97. The maximum Gasteiger partial charge on any atom is 0.410 e. The predicted octanol–water partition coefficient (Wildman–Crippen LogP) is 1.15. The Morgan fingerprint density at radius 3 is 2.63 bits per heavy atom. The number of hydrogen-bond acceptors (Lipinski definition) is 5. The van der Waals surface area contributed by atoms with Crippen LogP contribution in [0.4, 0.5) is 4.79 Å². The highest BCUT2D eigenvalue weighted by Crippen LogP contribution is 2.16. The van der Waals surface area contributed by atoms with Crippen LogP contribution >= 0.6 is 0 Å². The maximum atomic E-state index is 12.1. The second-order valence-corrected chi connectivity index (χ2v) is 5.65. The number of carbonyl (C=O) groups excluding carboxylic acids is 2. The lowest BCUT2D eigenvalue weighted by Gasteiger charge is -2.37. The summed E-state index contributed by atoms with van der Waals surface area (Å²) in [5.74, 6) is -0.255. The van der Waals surface area contributed by atoms with Gasteiger partial charge in [0, 0.05) is 32.1 Å². The molecule has 19 heavy (non-hydrogen) atoms. The second-order valence-electron chi connectivity index (χ2n) is 5.65. The first-order valence-corrected chi connectivity index (χ1v) is 6.60. The van der Waals surface area contributed by atoms with Crippen molar-refractivity contribution >= 4 is 12.1 Å². The van der Waals surface area contributed by atoms with E-state index in [1.165, 1.54) is 7.11 Å². The minimum absolute atomic E-state index is 0.0253. The number of esters is 1. The van der Waals surface area contributed by atoms with Gasteiger partial charge < -0.3 is 19.7 Å². The van der Waals surface area contributed by atoms with Crippen molar-refractivity contribution in [3.05, 3.63) is 0 Å². The van der Waals surface area contributed by atoms with E-state index in [9.17, 15) is 9.59 Å². The summed E-state index contributed by atoms with van der Waals surface area (Å²) >= 11 is 0. The Morgan fingerprint density at radius 2 is 2.05 bits per heavy atom. The Hall–Kier alpha value is -1.30. The molecule has 0 radical (unpaired) electrons. The van der Waals surface area contributed by atoms with Gasteiger partial charge in [-0.05, 0) is 27.2 Å². The van der Waals surface area contributed by atoms with Gasteiger partial charge in [0.05, 0.1) is 7.11 Å². The average Bonchev–Trinajstić information content (AvgIpc) is 2.34. The summed E-state index contributed by atoms with van der Waals surface area (Å²) < 4.78 is 10.0. The summed E-state index contributed by atoms with van der Waals surface area (Å²) in [7, 11) is 1.37. The van der Waals surface area contributed by atoms with Gasteiger partial charge in [0.25, 0.3) is 0 Å². The van der Waals surface area contributed by atoms with Crippen molar-refractivity contribution < 1.29 is 19.1 Å². The van der Waals surface area contributed by atoms with E-state index in [4.69, 9.17) is 4.74 Å². The van der Waals surface area contributed by atoms with Gasteiger partial charge in [0.1, 0.15) is 5.60 Å². The number of nitrogens with one attached hydrogen (secondary N) is 1. The number of carbonyl (C=O) groups is 2. The van der Waals surface area contributed by atoms with E-state index in [1.54, 1.807) is 4.90 Å². The number of hydrogen-bond donors (Lipinski definition) is 1. The van der Waals surface area contributed by atoms with Crippen LogP contribution in [0, 0.1) is 0 Å². The first-order valence-electron chi connectivity index (χ1n) is 6.60. The van der Waals surface area contributed by atoms with E-state index < -0.39 is 5.60 Å². The van der Waals surface area contributed by atoms with Crippen molar-refractivity contribution in [1.82, 2.24) is 10.2 Å². The standard InChI is InChI=1S/C13H24N2O4/c1-13(2,3)19-12(17)15-8-7-14-9-10(15)5-6-11(16)18-4/h10,14H,5-9H2,1-4H3. The lowest BCUT2D eigenvalue weighted by Crippen LogP contribution is -2.54. The lowest BCUT2D eigenvalue weighted by molar-refractivity contribution is -0.141. The van der Waals surface area contributed by atoms with Gasteiger partial charge in [-0.1, -0.05) is 0 Å². The normalized spacial score (nSPS) is 20.0. The molecule has 1 fully saturated rings. The first kappa shape index (κ1) is 15.8. The molecule has 0 saturated carbocycles. The molecule has 1 aliphatic heterocycles. The second kappa shape index (κ2) is 6.75. The van der Waals surface area contributed by atoms with Crippen LogP contribution in [0.5, 0.6) is 0 Å². The van der Waals surface area contributed by atoms with Crippen LogP contribution in [0.25, 0.3) is 0 Å². The van der Waals surface area contributed by atoms with Gasteiger partial charge >= 0.3 is 12.1 Å². The number of piperazine rings is 1. The van der Waals surface area contributed by atoms with E-state index in [2.05, 4.69) is 10.1 Å². The van der Waals surface area contributed by atoms with Gasteiger partial charge in [-0.2, -0.15) is 0 Å². The van der Waals surface area contributed by atoms with Crippen molar-refractivity contribution in [3.63, 3.8) is 0 Å². The van der Waals surface area contributed by atoms with Gasteiger partial charge in [0.15, 0.2) is 0 Å². The highest BCUT2D eigenvalue weighted by molar-refractivity contribution is 5.70. The molecule has 6 heteroatoms. The zero-order chi connectivity index (χ0) is 14.5. The Bertz CT molecular complexity index is 325. The Morgan fingerprint density at radius 1 is 1.37 bits per heavy atom. The van der Waals surface area contributed by atoms with Crippen LogP contribution in [-0.4, -0.2) is 55.3 Å². The monoisotopic (exact) mass is 272 g/mol. The van der Waals surface area contributed by atoms with Crippen molar-refractivity contribution in [2.75, 3.05) is 26.7 Å². The van der Waals surface area contributed by atoms with Crippen molar-refractivity contribution in [2.24, 2.45) is 0 Å². The fourth-order valence-corrected chi connectivity index (χ4v) is 1.97. The molecule has 1 unspecified atom stereocenters. The molecule has 0 spiro atoms. The number of methoxy groups -OCH3 is 1. The van der Waals surface area contributed by atoms with Crippen molar-refractivity contribution in [1.29, 1.82) is 0 Å². The van der Waals surface area contributed by atoms with Gasteiger partial charge in [-0.25, -0.2) is 4.79 Å². The largest absolute Gasteiger partial charge is 0.469 e. The molecule has 1 amide bonds. The molecule has 0 aromatic heterocycles. The zero-order valence-electron chi connectivity index (χ0n) is 12.2. The highest BCUT2D eigenvalue weighted by atomic mass is 16.6. The molecule has 0 bridgehead atoms. The summed E-state index contributed by atoms with van der Waals surface area (Å²) in [5, 5.41) is 3.22. The van der Waals surface area contributed by atoms with Gasteiger partial charge in [-0.3, -0.25) is 4.79 Å². The first-order chi connectivity index (χ1) is 8.83. The SMILES string of the molecule is COC(=O)CCC1CNCCN1C(=O)OC(C)(C)C. The Balaban J connectivity index is 2.56. The zero-order valence-corrected chi connectivity index (χ0v) is 12.2. The lowest BCUT2D eigenvalue weighted by atomic mass is 10.1. The van der Waals surface area contributed by atoms with Crippen LogP contribution in [0.15, 0.2) is 0 Å². The quantitative estimate of drug-likeness (QED) is 0.781. The van der Waals surface area contributed by atoms with Gasteiger partial charge in [0.2, 0.25) is 0 Å². The minimum atomic E-state index is -0.505. The summed E-state index contributed by atoms with van der Waals surface area (Å²) in [4.78, 5) is 25.0. The summed E-state index contributed by atoms with van der Waals surface area (Å²) in [6, 6.07) is -0.0253. The van der Waals surface area contributed by atoms with E-state index in [-0.39, 0.29) is 18.1 Å². The van der Waals surface area contributed by atoms with Crippen molar-refractivity contribution in [2.45, 2.75) is 45.3 Å². The van der Waals surface area contributed by atoms with Crippen LogP contribution in [0.1, 0.15) is 33.6 Å². The molecule has 1 N–H and O–H groups in total.